The topological polar surface area (TPSA) is 41.1 Å². The highest BCUT2D eigenvalue weighted by Crippen LogP contribution is 2.22. The molecule has 0 aliphatic carbocycles. The molecule has 1 aromatic carbocycles. The fourth-order valence-electron chi connectivity index (χ4n) is 2.09. The molecule has 1 fully saturated rings. The summed E-state index contributed by atoms with van der Waals surface area (Å²) in [5.41, 5.74) is 0.687. The van der Waals surface area contributed by atoms with E-state index in [0.29, 0.717) is 11.5 Å². The Morgan fingerprint density at radius 1 is 1.33 bits per heavy atom. The molecular weight excluding hydrogens is 360 g/mol. The lowest BCUT2D eigenvalue weighted by molar-refractivity contribution is 0.0943. The van der Waals surface area contributed by atoms with Crippen LogP contribution in [-0.2, 0) is 0 Å². The molecule has 2 rings (SSSR count). The number of hydrogen-bond donors (Lipinski definition) is 2. The van der Waals surface area contributed by atoms with Crippen LogP contribution in [0.3, 0.4) is 0 Å². The van der Waals surface area contributed by atoms with Crippen LogP contribution >= 0.6 is 31.9 Å². The summed E-state index contributed by atoms with van der Waals surface area (Å²) >= 11 is 6.79. The van der Waals surface area contributed by atoms with Gasteiger partial charge in [0.2, 0.25) is 0 Å². The van der Waals surface area contributed by atoms with E-state index in [4.69, 9.17) is 0 Å². The third-order valence-corrected chi connectivity index (χ3v) is 4.34. The van der Waals surface area contributed by atoms with Crippen LogP contribution in [-0.4, -0.2) is 25.5 Å². The molecule has 3 nitrogen and oxygen atoms in total. The van der Waals surface area contributed by atoms with Crippen LogP contribution in [0.5, 0.6) is 0 Å². The fourth-order valence-corrected chi connectivity index (χ4v) is 3.32. The number of hydrogen-bond acceptors (Lipinski definition) is 2. The number of carbonyl (C=O) groups is 1. The summed E-state index contributed by atoms with van der Waals surface area (Å²) in [6.07, 6.45) is 2.28. The van der Waals surface area contributed by atoms with Crippen molar-refractivity contribution < 1.29 is 4.79 Å². The lowest BCUT2D eigenvalue weighted by atomic mass is 9.98. The van der Waals surface area contributed by atoms with Gasteiger partial charge in [-0.2, -0.15) is 0 Å². The van der Waals surface area contributed by atoms with Gasteiger partial charge in [-0.15, -0.1) is 0 Å². The number of rotatable bonds is 3. The number of carbonyl (C=O) groups excluding carboxylic acids is 1. The Morgan fingerprint density at radius 3 is 2.72 bits per heavy atom. The summed E-state index contributed by atoms with van der Waals surface area (Å²) in [6.45, 7) is 2.88. The summed E-state index contributed by atoms with van der Waals surface area (Å²) in [5, 5.41) is 6.34. The number of nitrogens with one attached hydrogen (secondary N) is 2. The van der Waals surface area contributed by atoms with Crippen molar-refractivity contribution >= 4 is 37.8 Å². The Hall–Kier alpha value is -0.390. The van der Waals surface area contributed by atoms with Crippen molar-refractivity contribution in [2.75, 3.05) is 19.6 Å². The number of benzene rings is 1. The Kier molecular flexibility index (Phi) is 5.21. The highest BCUT2D eigenvalue weighted by atomic mass is 79.9. The van der Waals surface area contributed by atoms with E-state index in [9.17, 15) is 4.79 Å². The molecule has 18 heavy (non-hydrogen) atoms. The van der Waals surface area contributed by atoms with Gasteiger partial charge in [-0.3, -0.25) is 4.79 Å². The molecule has 1 aromatic rings. The van der Waals surface area contributed by atoms with Gasteiger partial charge in [0, 0.05) is 15.5 Å². The number of piperidine rings is 1. The Labute approximate surface area is 124 Å². The first-order valence-electron chi connectivity index (χ1n) is 6.11. The van der Waals surface area contributed by atoms with Gasteiger partial charge in [0.15, 0.2) is 0 Å². The summed E-state index contributed by atoms with van der Waals surface area (Å²) in [5.74, 6) is 0.595. The van der Waals surface area contributed by atoms with Gasteiger partial charge in [0.05, 0.1) is 5.56 Å². The Bertz CT molecular complexity index is 431. The van der Waals surface area contributed by atoms with Crippen molar-refractivity contribution in [2.45, 2.75) is 12.8 Å². The summed E-state index contributed by atoms with van der Waals surface area (Å²) < 4.78 is 1.78. The third-order valence-electron chi connectivity index (χ3n) is 3.19. The first-order chi connectivity index (χ1) is 8.66. The van der Waals surface area contributed by atoms with Crippen molar-refractivity contribution in [3.8, 4) is 0 Å². The smallest absolute Gasteiger partial charge is 0.252 e. The van der Waals surface area contributed by atoms with E-state index >= 15 is 0 Å². The second-order valence-corrected chi connectivity index (χ2v) is 6.30. The van der Waals surface area contributed by atoms with Gasteiger partial charge in [-0.1, -0.05) is 15.9 Å². The average molecular weight is 376 g/mol. The predicted octanol–water partition coefficient (Wildman–Crippen LogP) is 2.94. The highest BCUT2D eigenvalue weighted by molar-refractivity contribution is 9.11. The molecule has 1 heterocycles. The van der Waals surface area contributed by atoms with Crippen LogP contribution in [0.1, 0.15) is 23.2 Å². The van der Waals surface area contributed by atoms with Gasteiger partial charge in [-0.05, 0) is 66.0 Å². The Balaban J connectivity index is 1.90. The molecule has 0 aromatic heterocycles. The molecule has 1 amide bonds. The van der Waals surface area contributed by atoms with Gasteiger partial charge >= 0.3 is 0 Å². The maximum atomic E-state index is 12.0. The number of halogens is 2. The molecule has 0 atom stereocenters. The van der Waals surface area contributed by atoms with E-state index in [1.165, 1.54) is 0 Å². The minimum atomic E-state index is -0.00657. The summed E-state index contributed by atoms with van der Waals surface area (Å²) in [6, 6.07) is 5.59. The van der Waals surface area contributed by atoms with Crippen LogP contribution in [0, 0.1) is 5.92 Å². The molecule has 0 saturated carbocycles. The van der Waals surface area contributed by atoms with Gasteiger partial charge < -0.3 is 10.6 Å². The third kappa shape index (κ3) is 3.80. The van der Waals surface area contributed by atoms with Crippen molar-refractivity contribution in [3.63, 3.8) is 0 Å². The lowest BCUT2D eigenvalue weighted by Crippen LogP contribution is -2.36. The maximum Gasteiger partial charge on any atom is 0.252 e. The highest BCUT2D eigenvalue weighted by Gasteiger charge is 2.15. The van der Waals surface area contributed by atoms with Gasteiger partial charge in [0.1, 0.15) is 0 Å². The van der Waals surface area contributed by atoms with E-state index < -0.39 is 0 Å². The standard InChI is InChI=1S/C13H16Br2N2O/c14-10-1-2-11(12(15)7-10)13(18)17-8-9-3-5-16-6-4-9/h1-2,7,9,16H,3-6,8H2,(H,17,18). The van der Waals surface area contributed by atoms with Crippen molar-refractivity contribution in [2.24, 2.45) is 5.92 Å². The van der Waals surface area contributed by atoms with Crippen LogP contribution in [0.15, 0.2) is 27.1 Å². The molecule has 98 valence electrons. The maximum absolute atomic E-state index is 12.0. The van der Waals surface area contributed by atoms with Crippen LogP contribution in [0.2, 0.25) is 0 Å². The zero-order valence-electron chi connectivity index (χ0n) is 10.0. The molecule has 0 bridgehead atoms. The minimum absolute atomic E-state index is 0.00657. The average Bonchev–Trinajstić information content (AvgIpc) is 2.37. The van der Waals surface area contributed by atoms with Crippen LogP contribution < -0.4 is 10.6 Å². The second kappa shape index (κ2) is 6.68. The quantitative estimate of drug-likeness (QED) is 0.852. The summed E-state index contributed by atoms with van der Waals surface area (Å²) in [4.78, 5) is 12.0. The predicted molar refractivity (Wildman–Crippen MR) is 79.8 cm³/mol. The van der Waals surface area contributed by atoms with Gasteiger partial charge in [0.25, 0.3) is 5.91 Å². The largest absolute Gasteiger partial charge is 0.352 e. The molecule has 1 saturated heterocycles. The summed E-state index contributed by atoms with van der Waals surface area (Å²) in [7, 11) is 0. The van der Waals surface area contributed by atoms with Crippen molar-refractivity contribution in [1.82, 2.24) is 10.6 Å². The zero-order chi connectivity index (χ0) is 13.0. The first-order valence-corrected chi connectivity index (χ1v) is 7.69. The van der Waals surface area contributed by atoms with Crippen LogP contribution in [0.25, 0.3) is 0 Å². The molecule has 0 unspecified atom stereocenters. The first kappa shape index (κ1) is 14.0. The molecular formula is C13H16Br2N2O. The zero-order valence-corrected chi connectivity index (χ0v) is 13.2. The van der Waals surface area contributed by atoms with E-state index in [1.54, 1.807) is 0 Å². The molecule has 0 spiro atoms. The van der Waals surface area contributed by atoms with Crippen LogP contribution in [0.4, 0.5) is 0 Å². The molecule has 1 aliphatic rings. The van der Waals surface area contributed by atoms with Crippen molar-refractivity contribution in [3.05, 3.63) is 32.7 Å². The molecule has 1 aliphatic heterocycles. The normalized spacial score (nSPS) is 16.6. The van der Waals surface area contributed by atoms with E-state index in [1.807, 2.05) is 18.2 Å². The Morgan fingerprint density at radius 2 is 2.06 bits per heavy atom. The van der Waals surface area contributed by atoms with E-state index in [0.717, 1.165) is 41.4 Å². The molecule has 5 heteroatoms. The van der Waals surface area contributed by atoms with Gasteiger partial charge in [-0.25, -0.2) is 0 Å². The van der Waals surface area contributed by atoms with E-state index in [2.05, 4.69) is 42.5 Å². The minimum Gasteiger partial charge on any atom is -0.352 e. The monoisotopic (exact) mass is 374 g/mol. The fraction of sp³-hybridized carbons (Fsp3) is 0.462. The second-order valence-electron chi connectivity index (χ2n) is 4.53. The number of amides is 1. The van der Waals surface area contributed by atoms with Crippen molar-refractivity contribution in [1.29, 1.82) is 0 Å². The lowest BCUT2D eigenvalue weighted by Gasteiger charge is -2.22. The molecule has 0 radical (unpaired) electrons. The molecule has 2 N–H and O–H groups in total. The van der Waals surface area contributed by atoms with E-state index in [-0.39, 0.29) is 5.91 Å². The SMILES string of the molecule is O=C(NCC1CCNCC1)c1ccc(Br)cc1Br.